The first-order valence-electron chi connectivity index (χ1n) is 31.3. The maximum absolute atomic E-state index is 12.9. The number of aliphatic hydroxyl groups excluding tert-OH is 1. The van der Waals surface area contributed by atoms with Crippen molar-refractivity contribution in [2.45, 2.75) is 304 Å². The van der Waals surface area contributed by atoms with Crippen molar-refractivity contribution in [2.24, 2.45) is 17.8 Å². The van der Waals surface area contributed by atoms with Crippen LogP contribution in [0.4, 0.5) is 0 Å². The molecule has 0 saturated heterocycles. The van der Waals surface area contributed by atoms with E-state index in [4.69, 9.17) is 37.0 Å². The average molecular weight is 1170 g/mol. The van der Waals surface area contributed by atoms with Crippen molar-refractivity contribution in [3.63, 3.8) is 0 Å². The van der Waals surface area contributed by atoms with Gasteiger partial charge in [0.15, 0.2) is 12.2 Å². The lowest BCUT2D eigenvalue weighted by molar-refractivity contribution is -0.161. The molecule has 0 aliphatic heterocycles. The van der Waals surface area contributed by atoms with Gasteiger partial charge in [-0.3, -0.25) is 37.3 Å². The smallest absolute Gasteiger partial charge is 0.462 e. The third-order valence-corrected chi connectivity index (χ3v) is 15.5. The second kappa shape index (κ2) is 51.7. The molecule has 17 nitrogen and oxygen atoms in total. The fourth-order valence-electron chi connectivity index (χ4n) is 8.77. The summed E-state index contributed by atoms with van der Waals surface area (Å²) in [6, 6.07) is 0. The number of rotatable bonds is 58. The molecule has 0 radical (unpaired) electrons. The molecule has 79 heavy (non-hydrogen) atoms. The summed E-state index contributed by atoms with van der Waals surface area (Å²) >= 11 is 0. The lowest BCUT2D eigenvalue weighted by atomic mass is 10.0. The van der Waals surface area contributed by atoms with Crippen LogP contribution < -0.4 is 0 Å². The third-order valence-electron chi connectivity index (χ3n) is 13.6. The Morgan fingerprint density at radius 3 is 0.861 bits per heavy atom. The van der Waals surface area contributed by atoms with E-state index in [0.29, 0.717) is 25.7 Å². The first-order valence-corrected chi connectivity index (χ1v) is 34.3. The van der Waals surface area contributed by atoms with Gasteiger partial charge in [-0.25, -0.2) is 9.13 Å². The molecule has 0 aromatic heterocycles. The molecule has 0 aromatic carbocycles. The number of hydrogen-bond donors (Lipinski definition) is 3. The Kier molecular flexibility index (Phi) is 50.4. The Labute approximate surface area is 479 Å². The van der Waals surface area contributed by atoms with Gasteiger partial charge in [0.2, 0.25) is 0 Å². The van der Waals surface area contributed by atoms with Crippen LogP contribution in [0.1, 0.15) is 286 Å². The zero-order chi connectivity index (χ0) is 58.8. The van der Waals surface area contributed by atoms with Crippen LogP contribution in [0, 0.1) is 17.8 Å². The SMILES string of the molecule is CCCCCCCC(=O)OC[C@H](COP(=O)(O)OC[C@H](O)COP(=O)(O)OC[C@@H](COC(=O)CCCCCCCCCCC(C)C)OC(=O)CCCCCCCCCCCC(C)C)OC(=O)CCCCCCCCCCC(C)C. The molecule has 0 aromatic rings. The van der Waals surface area contributed by atoms with Crippen LogP contribution in [0.5, 0.6) is 0 Å². The van der Waals surface area contributed by atoms with Gasteiger partial charge < -0.3 is 33.8 Å². The number of phosphoric ester groups is 2. The van der Waals surface area contributed by atoms with Crippen LogP contribution in [0.2, 0.25) is 0 Å². The molecule has 0 rings (SSSR count). The van der Waals surface area contributed by atoms with Gasteiger partial charge in [-0.15, -0.1) is 0 Å². The number of hydrogen-bond acceptors (Lipinski definition) is 15. The highest BCUT2D eigenvalue weighted by molar-refractivity contribution is 7.47. The van der Waals surface area contributed by atoms with Crippen molar-refractivity contribution >= 4 is 39.5 Å². The summed E-state index contributed by atoms with van der Waals surface area (Å²) < 4.78 is 67.6. The quantitative estimate of drug-likeness (QED) is 0.0222. The van der Waals surface area contributed by atoms with E-state index in [2.05, 4.69) is 48.5 Å². The van der Waals surface area contributed by atoms with Crippen LogP contribution in [0.25, 0.3) is 0 Å². The number of esters is 4. The molecule has 0 spiro atoms. The number of carbonyl (C=O) groups excluding carboxylic acids is 4. The molecule has 19 heteroatoms. The van der Waals surface area contributed by atoms with Gasteiger partial charge in [-0.2, -0.15) is 0 Å². The van der Waals surface area contributed by atoms with E-state index in [9.17, 15) is 43.2 Å². The van der Waals surface area contributed by atoms with Crippen LogP contribution in [-0.2, 0) is 65.4 Å². The van der Waals surface area contributed by atoms with Crippen LogP contribution in [-0.4, -0.2) is 96.7 Å². The number of ether oxygens (including phenoxy) is 4. The van der Waals surface area contributed by atoms with Gasteiger partial charge in [0.25, 0.3) is 0 Å². The molecule has 468 valence electrons. The van der Waals surface area contributed by atoms with Crippen molar-refractivity contribution in [1.29, 1.82) is 0 Å². The Bertz CT molecular complexity index is 1580. The van der Waals surface area contributed by atoms with Gasteiger partial charge in [0, 0.05) is 25.7 Å². The largest absolute Gasteiger partial charge is 0.472 e. The molecule has 0 saturated carbocycles. The molecule has 0 amide bonds. The van der Waals surface area contributed by atoms with E-state index in [-0.39, 0.29) is 25.7 Å². The predicted octanol–water partition coefficient (Wildman–Crippen LogP) is 15.9. The summed E-state index contributed by atoms with van der Waals surface area (Å²) in [6.45, 7) is 11.6. The van der Waals surface area contributed by atoms with E-state index >= 15 is 0 Å². The maximum Gasteiger partial charge on any atom is 0.472 e. The Morgan fingerprint density at radius 1 is 0.342 bits per heavy atom. The average Bonchev–Trinajstić information content (AvgIpc) is 3.39. The summed E-state index contributed by atoms with van der Waals surface area (Å²) in [5, 5.41) is 10.5. The third kappa shape index (κ3) is 55.0. The normalized spacial score (nSPS) is 14.5. The molecule has 0 bridgehead atoms. The molecular formula is C60H116O17P2. The summed E-state index contributed by atoms with van der Waals surface area (Å²) in [5.41, 5.74) is 0. The van der Waals surface area contributed by atoms with Gasteiger partial charge in [-0.1, -0.05) is 235 Å². The fourth-order valence-corrected chi connectivity index (χ4v) is 10.4. The predicted molar refractivity (Wildman–Crippen MR) is 312 cm³/mol. The number of carbonyl (C=O) groups is 4. The van der Waals surface area contributed by atoms with E-state index in [1.54, 1.807) is 0 Å². The summed E-state index contributed by atoms with van der Waals surface area (Å²) in [5.74, 6) is 0.0274. The van der Waals surface area contributed by atoms with Crippen molar-refractivity contribution in [3.05, 3.63) is 0 Å². The van der Waals surface area contributed by atoms with Crippen molar-refractivity contribution < 1.29 is 80.2 Å². The zero-order valence-corrected chi connectivity index (χ0v) is 52.6. The maximum atomic E-state index is 12.9. The van der Waals surface area contributed by atoms with Gasteiger partial charge in [0.1, 0.15) is 19.3 Å². The molecule has 3 N–H and O–H groups in total. The summed E-state index contributed by atoms with van der Waals surface area (Å²) in [7, 11) is -9.87. The molecular weight excluding hydrogens is 1050 g/mol. The fraction of sp³-hybridized carbons (Fsp3) is 0.933. The minimum absolute atomic E-state index is 0.103. The summed E-state index contributed by atoms with van der Waals surface area (Å²) in [6.07, 6.45) is 31.2. The Balaban J connectivity index is 5.19. The molecule has 0 heterocycles. The van der Waals surface area contributed by atoms with Gasteiger partial charge in [0.05, 0.1) is 26.4 Å². The molecule has 2 unspecified atom stereocenters. The van der Waals surface area contributed by atoms with E-state index in [1.165, 1.54) is 89.9 Å². The number of phosphoric acid groups is 2. The molecule has 0 aliphatic rings. The second-order valence-corrected chi connectivity index (χ2v) is 26.1. The van der Waals surface area contributed by atoms with Crippen molar-refractivity contribution in [2.75, 3.05) is 39.6 Å². The highest BCUT2D eigenvalue weighted by atomic mass is 31.2. The topological polar surface area (TPSA) is 237 Å². The summed E-state index contributed by atoms with van der Waals surface area (Å²) in [4.78, 5) is 71.8. The van der Waals surface area contributed by atoms with E-state index in [1.807, 2.05) is 0 Å². The van der Waals surface area contributed by atoms with Gasteiger partial charge in [-0.05, 0) is 43.4 Å². The number of aliphatic hydroxyl groups is 1. The first-order chi connectivity index (χ1) is 37.7. The standard InChI is InChI=1S/C60H116O17P2/c1-8-9-10-24-34-41-57(62)70-47-55(76-60(65)44-37-30-23-17-15-20-27-33-40-53(6)7)49-74-78(66,67)72-45-54(61)46-73-79(68,69)75-50-56(48-71-58(63)42-35-28-21-16-14-19-26-32-39-52(4)5)77-59(64)43-36-29-22-13-11-12-18-25-31-38-51(2)3/h51-56,61H,8-50H2,1-7H3,(H,66,67)(H,68,69)/t54-,55+,56+/m0/s1. The van der Waals surface area contributed by atoms with Crippen LogP contribution in [0.3, 0.4) is 0 Å². The van der Waals surface area contributed by atoms with Crippen LogP contribution in [0.15, 0.2) is 0 Å². The molecule has 5 atom stereocenters. The van der Waals surface area contributed by atoms with Crippen LogP contribution >= 0.6 is 15.6 Å². The highest BCUT2D eigenvalue weighted by Gasteiger charge is 2.30. The van der Waals surface area contributed by atoms with E-state index in [0.717, 1.165) is 114 Å². The lowest BCUT2D eigenvalue weighted by Crippen LogP contribution is -2.30. The van der Waals surface area contributed by atoms with Gasteiger partial charge >= 0.3 is 39.5 Å². The van der Waals surface area contributed by atoms with E-state index < -0.39 is 97.5 Å². The molecule has 0 aliphatic carbocycles. The van der Waals surface area contributed by atoms with Crippen molar-refractivity contribution in [1.82, 2.24) is 0 Å². The number of unbranched alkanes of at least 4 members (excludes halogenated alkanes) is 26. The Morgan fingerprint density at radius 2 is 0.582 bits per heavy atom. The second-order valence-electron chi connectivity index (χ2n) is 23.2. The van der Waals surface area contributed by atoms with Crippen molar-refractivity contribution in [3.8, 4) is 0 Å². The lowest BCUT2D eigenvalue weighted by Gasteiger charge is -2.21. The minimum Gasteiger partial charge on any atom is -0.462 e. The molecule has 0 fully saturated rings. The Hall–Kier alpha value is -1.94. The minimum atomic E-state index is -4.94. The first kappa shape index (κ1) is 77.1. The highest BCUT2D eigenvalue weighted by Crippen LogP contribution is 2.45. The zero-order valence-electron chi connectivity index (χ0n) is 50.8. The monoisotopic (exact) mass is 1170 g/mol.